The number of aromatic nitrogens is 2. The Hall–Kier alpha value is -1.36. The van der Waals surface area contributed by atoms with E-state index in [1.807, 2.05) is 0 Å². The second-order valence-electron chi connectivity index (χ2n) is 4.89. The monoisotopic (exact) mass is 267 g/mol. The first-order chi connectivity index (χ1) is 9.24. The second kappa shape index (κ2) is 9.55. The Morgan fingerprint density at radius 3 is 2.74 bits per heavy atom. The molecule has 1 aromatic rings. The molecule has 0 fully saturated rings. The molecule has 0 unspecified atom stereocenters. The molecule has 0 saturated heterocycles. The summed E-state index contributed by atoms with van der Waals surface area (Å²) in [5, 5.41) is 12.2. The quantitative estimate of drug-likeness (QED) is 0.538. The van der Waals surface area contributed by atoms with Crippen molar-refractivity contribution >= 4 is 5.97 Å². The molecule has 3 N–H and O–H groups in total. The van der Waals surface area contributed by atoms with Gasteiger partial charge in [-0.3, -0.25) is 4.79 Å². The van der Waals surface area contributed by atoms with Gasteiger partial charge in [0.15, 0.2) is 0 Å². The Morgan fingerprint density at radius 1 is 1.37 bits per heavy atom. The summed E-state index contributed by atoms with van der Waals surface area (Å²) in [5.74, 6) is -0.805. The number of carbonyl (C=O) groups is 1. The number of unbranched alkanes of at least 4 members (excludes halogenated alkanes) is 5. The summed E-state index contributed by atoms with van der Waals surface area (Å²) < 4.78 is 0. The van der Waals surface area contributed by atoms with Crippen molar-refractivity contribution in [3.05, 3.63) is 18.2 Å². The van der Waals surface area contributed by atoms with Crippen molar-refractivity contribution in [1.82, 2.24) is 15.3 Å². The Labute approximate surface area is 114 Å². The number of H-pyrrole nitrogens is 1. The summed E-state index contributed by atoms with van der Waals surface area (Å²) in [6.07, 6.45) is 11.0. The Bertz CT molecular complexity index is 338. The molecule has 0 radical (unpaired) electrons. The predicted octanol–water partition coefficient (Wildman–Crippen LogP) is 2.36. The van der Waals surface area contributed by atoms with Crippen molar-refractivity contribution in [2.24, 2.45) is 0 Å². The number of aliphatic carboxylic acids is 1. The van der Waals surface area contributed by atoms with Crippen LogP contribution in [0.3, 0.4) is 0 Å². The average Bonchev–Trinajstić information content (AvgIpc) is 2.89. The van der Waals surface area contributed by atoms with Crippen LogP contribution in [-0.2, 0) is 11.2 Å². The molecule has 0 aromatic carbocycles. The van der Waals surface area contributed by atoms with Gasteiger partial charge in [-0.2, -0.15) is 0 Å². The fraction of sp³-hybridized carbons (Fsp3) is 0.714. The topological polar surface area (TPSA) is 78.0 Å². The zero-order chi connectivity index (χ0) is 13.9. The van der Waals surface area contributed by atoms with E-state index in [0.29, 0.717) is 6.42 Å². The van der Waals surface area contributed by atoms with Crippen LogP contribution >= 0.6 is 0 Å². The molecule has 1 aromatic heterocycles. The van der Waals surface area contributed by atoms with Crippen molar-refractivity contribution < 1.29 is 9.90 Å². The molecule has 0 amide bonds. The second-order valence-corrected chi connectivity index (χ2v) is 4.89. The highest BCUT2D eigenvalue weighted by molar-refractivity contribution is 5.73. The zero-order valence-corrected chi connectivity index (χ0v) is 11.7. The van der Waals surface area contributed by atoms with Crippen LogP contribution in [0, 0.1) is 0 Å². The van der Waals surface area contributed by atoms with Crippen LogP contribution < -0.4 is 5.32 Å². The summed E-state index contributed by atoms with van der Waals surface area (Å²) in [6.45, 7) is 2.96. The molecule has 0 saturated carbocycles. The van der Waals surface area contributed by atoms with Crippen LogP contribution in [-0.4, -0.2) is 33.6 Å². The number of hydrogen-bond acceptors (Lipinski definition) is 3. The van der Waals surface area contributed by atoms with Gasteiger partial charge < -0.3 is 15.4 Å². The standard InChI is InChI=1S/C14H25N3O2/c1-2-3-4-5-6-7-8-16-13(14(18)19)9-12-10-15-11-17-12/h10-11,13,16H,2-9H2,1H3,(H,15,17)(H,18,19)/t13-/m0/s1. The van der Waals surface area contributed by atoms with E-state index >= 15 is 0 Å². The van der Waals surface area contributed by atoms with Crippen LogP contribution in [0.1, 0.15) is 51.1 Å². The molecule has 0 aliphatic rings. The number of imidazole rings is 1. The molecule has 0 aliphatic carbocycles. The third-order valence-corrected chi connectivity index (χ3v) is 3.20. The van der Waals surface area contributed by atoms with E-state index in [-0.39, 0.29) is 0 Å². The molecule has 0 spiro atoms. The third kappa shape index (κ3) is 6.96. The summed E-state index contributed by atoms with van der Waals surface area (Å²) in [4.78, 5) is 18.0. The fourth-order valence-electron chi connectivity index (χ4n) is 2.04. The lowest BCUT2D eigenvalue weighted by atomic mass is 10.1. The summed E-state index contributed by atoms with van der Waals surface area (Å²) >= 11 is 0. The first-order valence-corrected chi connectivity index (χ1v) is 7.17. The van der Waals surface area contributed by atoms with E-state index in [1.54, 1.807) is 12.5 Å². The highest BCUT2D eigenvalue weighted by Crippen LogP contribution is 2.05. The molecular weight excluding hydrogens is 242 g/mol. The van der Waals surface area contributed by atoms with E-state index in [4.69, 9.17) is 5.11 Å². The van der Waals surface area contributed by atoms with Gasteiger partial charge >= 0.3 is 5.97 Å². The van der Waals surface area contributed by atoms with Gasteiger partial charge in [-0.1, -0.05) is 39.0 Å². The number of aromatic amines is 1. The first-order valence-electron chi connectivity index (χ1n) is 7.17. The molecule has 5 heteroatoms. The molecule has 5 nitrogen and oxygen atoms in total. The van der Waals surface area contributed by atoms with E-state index in [0.717, 1.165) is 18.7 Å². The van der Waals surface area contributed by atoms with E-state index < -0.39 is 12.0 Å². The number of rotatable bonds is 11. The highest BCUT2D eigenvalue weighted by atomic mass is 16.4. The predicted molar refractivity (Wildman–Crippen MR) is 75.1 cm³/mol. The van der Waals surface area contributed by atoms with Gasteiger partial charge in [0.2, 0.25) is 0 Å². The van der Waals surface area contributed by atoms with Gasteiger partial charge in [-0.15, -0.1) is 0 Å². The Kier molecular flexibility index (Phi) is 7.89. The molecule has 1 rings (SSSR count). The fourth-order valence-corrected chi connectivity index (χ4v) is 2.04. The highest BCUT2D eigenvalue weighted by Gasteiger charge is 2.17. The lowest BCUT2D eigenvalue weighted by molar-refractivity contribution is -0.139. The summed E-state index contributed by atoms with van der Waals surface area (Å²) in [6, 6.07) is -0.531. The minimum Gasteiger partial charge on any atom is -0.480 e. The number of carboxylic acid groups (broad SMARTS) is 1. The van der Waals surface area contributed by atoms with Gasteiger partial charge in [-0.25, -0.2) is 4.98 Å². The van der Waals surface area contributed by atoms with E-state index in [1.165, 1.54) is 32.1 Å². The lowest BCUT2D eigenvalue weighted by Crippen LogP contribution is -2.39. The van der Waals surface area contributed by atoms with Crippen molar-refractivity contribution in [2.75, 3.05) is 6.54 Å². The van der Waals surface area contributed by atoms with Crippen molar-refractivity contribution in [1.29, 1.82) is 0 Å². The summed E-state index contributed by atoms with van der Waals surface area (Å²) in [7, 11) is 0. The molecule has 19 heavy (non-hydrogen) atoms. The Balaban J connectivity index is 2.14. The minimum absolute atomic E-state index is 0.450. The van der Waals surface area contributed by atoms with Crippen molar-refractivity contribution in [3.63, 3.8) is 0 Å². The van der Waals surface area contributed by atoms with Crippen LogP contribution in [0.15, 0.2) is 12.5 Å². The maximum Gasteiger partial charge on any atom is 0.321 e. The SMILES string of the molecule is CCCCCCCCN[C@@H](Cc1cnc[nH]1)C(=O)O. The van der Waals surface area contributed by atoms with Gasteiger partial charge in [0.05, 0.1) is 6.33 Å². The van der Waals surface area contributed by atoms with E-state index in [9.17, 15) is 4.79 Å². The molecule has 0 bridgehead atoms. The molecule has 1 atom stereocenters. The van der Waals surface area contributed by atoms with E-state index in [2.05, 4.69) is 22.2 Å². The minimum atomic E-state index is -0.805. The Morgan fingerprint density at radius 2 is 2.11 bits per heavy atom. The maximum atomic E-state index is 11.1. The van der Waals surface area contributed by atoms with Gasteiger partial charge in [0.25, 0.3) is 0 Å². The maximum absolute atomic E-state index is 11.1. The molecular formula is C14H25N3O2. The normalized spacial score (nSPS) is 12.5. The zero-order valence-electron chi connectivity index (χ0n) is 11.7. The summed E-state index contributed by atoms with van der Waals surface area (Å²) in [5.41, 5.74) is 0.850. The largest absolute Gasteiger partial charge is 0.480 e. The number of nitrogens with one attached hydrogen (secondary N) is 2. The van der Waals surface area contributed by atoms with Crippen LogP contribution in [0.5, 0.6) is 0 Å². The molecule has 0 aliphatic heterocycles. The average molecular weight is 267 g/mol. The van der Waals surface area contributed by atoms with Gasteiger partial charge in [-0.05, 0) is 13.0 Å². The smallest absolute Gasteiger partial charge is 0.321 e. The number of carboxylic acids is 1. The van der Waals surface area contributed by atoms with Crippen LogP contribution in [0.25, 0.3) is 0 Å². The third-order valence-electron chi connectivity index (χ3n) is 3.20. The molecule has 1 heterocycles. The van der Waals surface area contributed by atoms with Crippen molar-refractivity contribution in [2.45, 2.75) is 57.9 Å². The molecule has 108 valence electrons. The van der Waals surface area contributed by atoms with Crippen molar-refractivity contribution in [3.8, 4) is 0 Å². The number of nitrogens with zero attached hydrogens (tertiary/aromatic N) is 1. The van der Waals surface area contributed by atoms with Gasteiger partial charge in [0.1, 0.15) is 6.04 Å². The number of hydrogen-bond donors (Lipinski definition) is 3. The van der Waals surface area contributed by atoms with Gasteiger partial charge in [0, 0.05) is 18.3 Å². The van der Waals surface area contributed by atoms with Crippen LogP contribution in [0.2, 0.25) is 0 Å². The van der Waals surface area contributed by atoms with Crippen LogP contribution in [0.4, 0.5) is 0 Å². The lowest BCUT2D eigenvalue weighted by Gasteiger charge is -2.13. The first kappa shape index (κ1) is 15.7.